The molecule has 1 aliphatic carbocycles. The molecule has 0 unspecified atom stereocenters. The van der Waals surface area contributed by atoms with Crippen LogP contribution in [0.15, 0.2) is 29.6 Å². The third-order valence-corrected chi connectivity index (χ3v) is 6.62. The molecule has 1 saturated heterocycles. The van der Waals surface area contributed by atoms with Gasteiger partial charge in [-0.15, -0.1) is 11.3 Å². The zero-order valence-corrected chi connectivity index (χ0v) is 17.7. The lowest BCUT2D eigenvalue weighted by molar-refractivity contribution is 0.0819. The van der Waals surface area contributed by atoms with Gasteiger partial charge in [-0.05, 0) is 55.3 Å². The Hall–Kier alpha value is -2.89. The first-order valence-corrected chi connectivity index (χ1v) is 11.2. The quantitative estimate of drug-likeness (QED) is 0.607. The highest BCUT2D eigenvalue weighted by Gasteiger charge is 2.24. The number of benzene rings is 1. The molecule has 3 heterocycles. The Morgan fingerprint density at radius 1 is 1.17 bits per heavy atom. The van der Waals surface area contributed by atoms with Crippen LogP contribution in [-0.4, -0.2) is 42.3 Å². The molecule has 0 atom stereocenters. The van der Waals surface area contributed by atoms with Crippen molar-refractivity contribution in [3.8, 4) is 6.07 Å². The summed E-state index contributed by atoms with van der Waals surface area (Å²) in [6.45, 7) is 1.79. The highest BCUT2D eigenvalue weighted by molar-refractivity contribution is 7.17. The molecule has 2 fully saturated rings. The molecule has 3 aromatic rings. The molecule has 0 amide bonds. The van der Waals surface area contributed by atoms with Gasteiger partial charge in [-0.2, -0.15) is 10.2 Å². The van der Waals surface area contributed by atoms with E-state index in [1.165, 1.54) is 12.8 Å². The van der Waals surface area contributed by atoms with Crippen LogP contribution < -0.4 is 15.5 Å². The van der Waals surface area contributed by atoms with Crippen LogP contribution in [-0.2, 0) is 4.74 Å². The summed E-state index contributed by atoms with van der Waals surface area (Å²) in [6, 6.07) is 10.8. The summed E-state index contributed by atoms with van der Waals surface area (Å²) in [7, 11) is 1.77. The summed E-state index contributed by atoms with van der Waals surface area (Å²) in [5.74, 6) is 1.43. The van der Waals surface area contributed by atoms with Crippen molar-refractivity contribution in [3.63, 3.8) is 0 Å². The van der Waals surface area contributed by atoms with E-state index in [1.807, 2.05) is 29.6 Å². The minimum atomic E-state index is 0.315. The summed E-state index contributed by atoms with van der Waals surface area (Å²) in [5, 5.41) is 18.6. The van der Waals surface area contributed by atoms with Gasteiger partial charge in [0.15, 0.2) is 0 Å². The third kappa shape index (κ3) is 3.91. The standard InChI is InChI=1S/C22H24N6OS/c1-29-17-6-9-28(10-7-17)19-5-4-16(12-14(19)13-23)25-22-26-18-8-11-30-20(18)21(27-22)24-15-2-3-15/h4-5,8,11-12,15,17H,2-3,6-7,9-10H2,1H3,(H2,24,25,26,27). The van der Waals surface area contributed by atoms with Gasteiger partial charge < -0.3 is 20.3 Å². The Bertz CT molecular complexity index is 1090. The molecule has 1 aliphatic heterocycles. The number of nitrogens with zero attached hydrogens (tertiary/aromatic N) is 4. The topological polar surface area (TPSA) is 86.1 Å². The second-order valence-corrected chi connectivity index (χ2v) is 8.76. The van der Waals surface area contributed by atoms with E-state index in [9.17, 15) is 5.26 Å². The first kappa shape index (κ1) is 19.1. The second kappa shape index (κ2) is 8.09. The summed E-state index contributed by atoms with van der Waals surface area (Å²) in [5.41, 5.74) is 3.37. The van der Waals surface area contributed by atoms with Crippen molar-refractivity contribution in [3.05, 3.63) is 35.2 Å². The lowest BCUT2D eigenvalue weighted by atomic mass is 10.0. The van der Waals surface area contributed by atoms with Crippen molar-refractivity contribution in [1.82, 2.24) is 9.97 Å². The molecule has 8 heteroatoms. The number of nitrogens with one attached hydrogen (secondary N) is 2. The van der Waals surface area contributed by atoms with Gasteiger partial charge in [-0.1, -0.05) is 0 Å². The van der Waals surface area contributed by atoms with E-state index in [4.69, 9.17) is 9.72 Å². The predicted molar refractivity (Wildman–Crippen MR) is 121 cm³/mol. The fourth-order valence-electron chi connectivity index (χ4n) is 3.88. The van der Waals surface area contributed by atoms with E-state index in [0.29, 0.717) is 23.7 Å². The molecule has 2 N–H and O–H groups in total. The van der Waals surface area contributed by atoms with E-state index in [2.05, 4.69) is 26.6 Å². The van der Waals surface area contributed by atoms with Crippen LogP contribution in [0.2, 0.25) is 0 Å². The molecule has 0 radical (unpaired) electrons. The van der Waals surface area contributed by atoms with Crippen LogP contribution >= 0.6 is 11.3 Å². The SMILES string of the molecule is COC1CCN(c2ccc(Nc3nc(NC4CC4)c4sccc4n3)cc2C#N)CC1. The van der Waals surface area contributed by atoms with Crippen LogP contribution in [0.3, 0.4) is 0 Å². The van der Waals surface area contributed by atoms with Crippen molar-refractivity contribution in [2.75, 3.05) is 35.7 Å². The maximum Gasteiger partial charge on any atom is 0.229 e. The highest BCUT2D eigenvalue weighted by atomic mass is 32.1. The van der Waals surface area contributed by atoms with Crippen molar-refractivity contribution < 1.29 is 4.74 Å². The second-order valence-electron chi connectivity index (χ2n) is 7.84. The first-order chi connectivity index (χ1) is 14.7. The van der Waals surface area contributed by atoms with E-state index < -0.39 is 0 Å². The largest absolute Gasteiger partial charge is 0.381 e. The lowest BCUT2D eigenvalue weighted by Gasteiger charge is -2.33. The molecule has 1 saturated carbocycles. The van der Waals surface area contributed by atoms with Gasteiger partial charge in [0, 0.05) is 31.9 Å². The maximum absolute atomic E-state index is 9.73. The number of rotatable bonds is 6. The van der Waals surface area contributed by atoms with Crippen molar-refractivity contribution >= 4 is 44.7 Å². The molecule has 2 aliphatic rings. The van der Waals surface area contributed by atoms with Gasteiger partial charge in [0.2, 0.25) is 5.95 Å². The molecular weight excluding hydrogens is 396 g/mol. The van der Waals surface area contributed by atoms with Gasteiger partial charge in [0.25, 0.3) is 0 Å². The molecule has 154 valence electrons. The third-order valence-electron chi connectivity index (χ3n) is 5.71. The molecule has 0 bridgehead atoms. The Morgan fingerprint density at radius 3 is 2.73 bits per heavy atom. The van der Waals surface area contributed by atoms with Crippen molar-refractivity contribution in [2.24, 2.45) is 0 Å². The summed E-state index contributed by atoms with van der Waals surface area (Å²) < 4.78 is 6.54. The zero-order valence-electron chi connectivity index (χ0n) is 16.9. The summed E-state index contributed by atoms with van der Waals surface area (Å²) >= 11 is 1.65. The van der Waals surface area contributed by atoms with E-state index in [1.54, 1.807) is 18.4 Å². The number of anilines is 4. The fraction of sp³-hybridized carbons (Fsp3) is 0.409. The van der Waals surface area contributed by atoms with Gasteiger partial charge in [0.1, 0.15) is 11.9 Å². The van der Waals surface area contributed by atoms with Crippen LogP contribution in [0, 0.1) is 11.3 Å². The molecule has 7 nitrogen and oxygen atoms in total. The van der Waals surface area contributed by atoms with Gasteiger partial charge in [-0.25, -0.2) is 4.98 Å². The van der Waals surface area contributed by atoms with Crippen molar-refractivity contribution in [1.29, 1.82) is 5.26 Å². The smallest absolute Gasteiger partial charge is 0.229 e. The minimum absolute atomic E-state index is 0.315. The van der Waals surface area contributed by atoms with Crippen LogP contribution in [0.5, 0.6) is 0 Å². The number of hydrogen-bond donors (Lipinski definition) is 2. The monoisotopic (exact) mass is 420 g/mol. The zero-order chi connectivity index (χ0) is 20.5. The normalized spacial score (nSPS) is 17.1. The van der Waals surface area contributed by atoms with Crippen LogP contribution in [0.1, 0.15) is 31.2 Å². The van der Waals surface area contributed by atoms with E-state index >= 15 is 0 Å². The van der Waals surface area contributed by atoms with E-state index in [-0.39, 0.29) is 0 Å². The average molecular weight is 421 g/mol. The minimum Gasteiger partial charge on any atom is -0.381 e. The summed E-state index contributed by atoms with van der Waals surface area (Å²) in [4.78, 5) is 11.6. The number of nitriles is 1. The molecular formula is C22H24N6OS. The molecule has 5 rings (SSSR count). The Kier molecular flexibility index (Phi) is 5.15. The number of hydrogen-bond acceptors (Lipinski definition) is 8. The molecule has 0 spiro atoms. The summed E-state index contributed by atoms with van der Waals surface area (Å²) in [6.07, 6.45) is 4.65. The van der Waals surface area contributed by atoms with Crippen molar-refractivity contribution in [2.45, 2.75) is 37.8 Å². The number of methoxy groups -OCH3 is 1. The lowest BCUT2D eigenvalue weighted by Crippen LogP contribution is -2.37. The molecule has 2 aromatic heterocycles. The van der Waals surface area contributed by atoms with Crippen LogP contribution in [0.25, 0.3) is 10.2 Å². The Labute approximate surface area is 179 Å². The number of thiophene rings is 1. The Balaban J connectivity index is 1.38. The number of aromatic nitrogens is 2. The number of piperidine rings is 1. The van der Waals surface area contributed by atoms with Gasteiger partial charge in [-0.3, -0.25) is 0 Å². The van der Waals surface area contributed by atoms with Crippen LogP contribution in [0.4, 0.5) is 23.1 Å². The first-order valence-electron chi connectivity index (χ1n) is 10.3. The average Bonchev–Trinajstić information content (AvgIpc) is 3.47. The molecule has 30 heavy (non-hydrogen) atoms. The number of ether oxygens (including phenoxy) is 1. The highest BCUT2D eigenvalue weighted by Crippen LogP contribution is 2.33. The Morgan fingerprint density at radius 2 is 2.00 bits per heavy atom. The predicted octanol–water partition coefficient (Wildman–Crippen LogP) is 4.50. The number of fused-ring (bicyclic) bond motifs is 1. The van der Waals surface area contributed by atoms with Gasteiger partial charge in [0.05, 0.1) is 27.6 Å². The molecule has 1 aromatic carbocycles. The van der Waals surface area contributed by atoms with Gasteiger partial charge >= 0.3 is 0 Å². The maximum atomic E-state index is 9.73. The fourth-order valence-corrected chi connectivity index (χ4v) is 4.66. The van der Waals surface area contributed by atoms with E-state index in [0.717, 1.165) is 53.3 Å².